The maximum Gasteiger partial charge on any atom is 0.131 e. The summed E-state index contributed by atoms with van der Waals surface area (Å²) in [5, 5.41) is 0. The van der Waals surface area contributed by atoms with Crippen LogP contribution in [-0.2, 0) is 0 Å². The Morgan fingerprint density at radius 1 is 1.07 bits per heavy atom. The summed E-state index contributed by atoms with van der Waals surface area (Å²) in [5.74, 6) is 0.503. The van der Waals surface area contributed by atoms with Crippen LogP contribution in [0.2, 0.25) is 0 Å². The Morgan fingerprint density at radius 3 is 2.53 bits per heavy atom. The van der Waals surface area contributed by atoms with Gasteiger partial charge >= 0.3 is 0 Å². The first kappa shape index (κ1) is 9.40. The second kappa shape index (κ2) is 4.37. The zero-order valence-corrected chi connectivity index (χ0v) is 8.17. The minimum absolute atomic E-state index is 0.503. The lowest BCUT2D eigenvalue weighted by atomic mass is 10.2. The zero-order valence-electron chi connectivity index (χ0n) is 8.17. The van der Waals surface area contributed by atoms with Gasteiger partial charge in [-0.3, -0.25) is 4.98 Å². The third-order valence-corrected chi connectivity index (χ3v) is 1.97. The van der Waals surface area contributed by atoms with Crippen LogP contribution in [0.25, 0.3) is 0 Å². The molecular formula is C12H11N3. The SMILES string of the molecule is NC(=Nc1cccnc1)c1ccccc1. The molecule has 0 spiro atoms. The molecule has 0 bridgehead atoms. The Bertz CT molecular complexity index is 449. The standard InChI is InChI=1S/C12H11N3/c13-12(10-5-2-1-3-6-10)15-11-7-4-8-14-9-11/h1-9H,(H2,13,15). The summed E-state index contributed by atoms with van der Waals surface area (Å²) >= 11 is 0. The number of benzene rings is 1. The fourth-order valence-corrected chi connectivity index (χ4v) is 1.23. The average Bonchev–Trinajstić information content (AvgIpc) is 2.31. The van der Waals surface area contributed by atoms with Crippen LogP contribution in [0.1, 0.15) is 5.56 Å². The number of pyridine rings is 1. The normalized spacial score (nSPS) is 11.3. The second-order valence-electron chi connectivity index (χ2n) is 3.07. The number of hydrogen-bond acceptors (Lipinski definition) is 2. The van der Waals surface area contributed by atoms with Crippen LogP contribution < -0.4 is 5.73 Å². The molecule has 0 radical (unpaired) electrons. The van der Waals surface area contributed by atoms with Crippen LogP contribution in [0.5, 0.6) is 0 Å². The van der Waals surface area contributed by atoms with Gasteiger partial charge in [0.05, 0.1) is 11.9 Å². The lowest BCUT2D eigenvalue weighted by molar-refractivity contribution is 1.30. The molecule has 15 heavy (non-hydrogen) atoms. The summed E-state index contributed by atoms with van der Waals surface area (Å²) < 4.78 is 0. The van der Waals surface area contributed by atoms with Gasteiger partial charge in [-0.2, -0.15) is 0 Å². The monoisotopic (exact) mass is 197 g/mol. The third kappa shape index (κ3) is 2.40. The van der Waals surface area contributed by atoms with Crippen molar-refractivity contribution in [1.82, 2.24) is 4.98 Å². The minimum atomic E-state index is 0.503. The quantitative estimate of drug-likeness (QED) is 0.592. The van der Waals surface area contributed by atoms with E-state index >= 15 is 0 Å². The predicted molar refractivity (Wildman–Crippen MR) is 61.1 cm³/mol. The van der Waals surface area contributed by atoms with E-state index in [0.29, 0.717) is 5.84 Å². The largest absolute Gasteiger partial charge is 0.383 e. The molecule has 0 amide bonds. The summed E-state index contributed by atoms with van der Waals surface area (Å²) in [4.78, 5) is 8.23. The molecule has 2 aromatic rings. The Morgan fingerprint density at radius 2 is 1.87 bits per heavy atom. The molecule has 3 heteroatoms. The first-order valence-corrected chi connectivity index (χ1v) is 4.66. The van der Waals surface area contributed by atoms with Crippen molar-refractivity contribution in [2.45, 2.75) is 0 Å². The number of nitrogens with zero attached hydrogens (tertiary/aromatic N) is 2. The fourth-order valence-electron chi connectivity index (χ4n) is 1.23. The van der Waals surface area contributed by atoms with Crippen LogP contribution in [0.15, 0.2) is 59.9 Å². The van der Waals surface area contributed by atoms with Crippen molar-refractivity contribution in [2.75, 3.05) is 0 Å². The molecule has 2 rings (SSSR count). The lowest BCUT2D eigenvalue weighted by Gasteiger charge is -1.99. The van der Waals surface area contributed by atoms with Crippen molar-refractivity contribution in [3.8, 4) is 0 Å². The smallest absolute Gasteiger partial charge is 0.131 e. The van der Waals surface area contributed by atoms with Gasteiger partial charge in [0.1, 0.15) is 5.84 Å². The number of hydrogen-bond donors (Lipinski definition) is 1. The van der Waals surface area contributed by atoms with E-state index in [2.05, 4.69) is 9.98 Å². The van der Waals surface area contributed by atoms with Gasteiger partial charge in [-0.15, -0.1) is 0 Å². The number of aliphatic imine (C=N–C) groups is 1. The van der Waals surface area contributed by atoms with Gasteiger partial charge < -0.3 is 5.73 Å². The predicted octanol–water partition coefficient (Wildman–Crippen LogP) is 2.12. The summed E-state index contributed by atoms with van der Waals surface area (Å²) in [5.41, 5.74) is 7.53. The van der Waals surface area contributed by atoms with Crippen molar-refractivity contribution in [2.24, 2.45) is 10.7 Å². The van der Waals surface area contributed by atoms with Crippen molar-refractivity contribution >= 4 is 11.5 Å². The topological polar surface area (TPSA) is 51.3 Å². The van der Waals surface area contributed by atoms with E-state index in [1.807, 2.05) is 42.5 Å². The molecule has 1 aromatic carbocycles. The van der Waals surface area contributed by atoms with E-state index in [9.17, 15) is 0 Å². The second-order valence-corrected chi connectivity index (χ2v) is 3.07. The molecule has 0 atom stereocenters. The molecule has 3 nitrogen and oxygen atoms in total. The van der Waals surface area contributed by atoms with Crippen LogP contribution in [-0.4, -0.2) is 10.8 Å². The highest BCUT2D eigenvalue weighted by molar-refractivity contribution is 5.98. The third-order valence-electron chi connectivity index (χ3n) is 1.97. The molecule has 0 saturated heterocycles. The maximum atomic E-state index is 5.85. The average molecular weight is 197 g/mol. The van der Waals surface area contributed by atoms with E-state index in [-0.39, 0.29) is 0 Å². The van der Waals surface area contributed by atoms with E-state index in [0.717, 1.165) is 11.3 Å². The Kier molecular flexibility index (Phi) is 2.74. The van der Waals surface area contributed by atoms with Gasteiger partial charge in [0.25, 0.3) is 0 Å². The number of amidine groups is 1. The van der Waals surface area contributed by atoms with E-state index in [1.54, 1.807) is 12.4 Å². The Labute approximate surface area is 88.3 Å². The van der Waals surface area contributed by atoms with Crippen LogP contribution in [0.4, 0.5) is 5.69 Å². The summed E-state index contributed by atoms with van der Waals surface area (Å²) in [6.07, 6.45) is 3.38. The maximum absolute atomic E-state index is 5.85. The molecule has 2 N–H and O–H groups in total. The molecule has 0 fully saturated rings. The fraction of sp³-hybridized carbons (Fsp3) is 0. The van der Waals surface area contributed by atoms with Gasteiger partial charge in [0.2, 0.25) is 0 Å². The first-order chi connectivity index (χ1) is 7.36. The molecule has 0 saturated carbocycles. The van der Waals surface area contributed by atoms with Gasteiger partial charge in [-0.05, 0) is 12.1 Å². The Balaban J connectivity index is 2.29. The van der Waals surface area contributed by atoms with E-state index < -0.39 is 0 Å². The molecule has 0 aliphatic carbocycles. The molecule has 1 aromatic heterocycles. The zero-order chi connectivity index (χ0) is 10.5. The highest BCUT2D eigenvalue weighted by Crippen LogP contribution is 2.09. The summed E-state index contributed by atoms with van der Waals surface area (Å²) in [7, 11) is 0. The summed E-state index contributed by atoms with van der Waals surface area (Å²) in [6.45, 7) is 0. The minimum Gasteiger partial charge on any atom is -0.383 e. The number of aromatic nitrogens is 1. The molecule has 1 heterocycles. The van der Waals surface area contributed by atoms with Gasteiger partial charge in [0.15, 0.2) is 0 Å². The lowest BCUT2D eigenvalue weighted by Crippen LogP contribution is -2.12. The molecule has 0 unspecified atom stereocenters. The van der Waals surface area contributed by atoms with Crippen LogP contribution in [0.3, 0.4) is 0 Å². The Hall–Kier alpha value is -2.16. The molecule has 0 aliphatic heterocycles. The van der Waals surface area contributed by atoms with Gasteiger partial charge in [0, 0.05) is 11.8 Å². The molecule has 74 valence electrons. The van der Waals surface area contributed by atoms with Gasteiger partial charge in [-0.1, -0.05) is 30.3 Å². The first-order valence-electron chi connectivity index (χ1n) is 4.66. The molecular weight excluding hydrogens is 186 g/mol. The van der Waals surface area contributed by atoms with Crippen molar-refractivity contribution in [3.63, 3.8) is 0 Å². The van der Waals surface area contributed by atoms with Crippen molar-refractivity contribution < 1.29 is 0 Å². The number of nitrogens with two attached hydrogens (primary N) is 1. The van der Waals surface area contributed by atoms with Crippen molar-refractivity contribution in [1.29, 1.82) is 0 Å². The van der Waals surface area contributed by atoms with Crippen molar-refractivity contribution in [3.05, 3.63) is 60.4 Å². The van der Waals surface area contributed by atoms with E-state index in [4.69, 9.17) is 5.73 Å². The molecule has 0 aliphatic rings. The summed E-state index contributed by atoms with van der Waals surface area (Å²) in [6, 6.07) is 13.4. The highest BCUT2D eigenvalue weighted by Gasteiger charge is 1.96. The van der Waals surface area contributed by atoms with Crippen LogP contribution >= 0.6 is 0 Å². The van der Waals surface area contributed by atoms with Crippen LogP contribution in [0, 0.1) is 0 Å². The van der Waals surface area contributed by atoms with Gasteiger partial charge in [-0.25, -0.2) is 4.99 Å². The highest BCUT2D eigenvalue weighted by atomic mass is 14.9. The van der Waals surface area contributed by atoms with E-state index in [1.165, 1.54) is 0 Å². The number of rotatable bonds is 2.